The van der Waals surface area contributed by atoms with Crippen LogP contribution in [0, 0.1) is 0 Å². The molecule has 1 fully saturated rings. The lowest BCUT2D eigenvalue weighted by molar-refractivity contribution is -0.150. The van der Waals surface area contributed by atoms with Gasteiger partial charge in [0.25, 0.3) is 5.91 Å². The summed E-state index contributed by atoms with van der Waals surface area (Å²) in [5, 5.41) is 2.95. The highest BCUT2D eigenvalue weighted by Crippen LogP contribution is 2.30. The summed E-state index contributed by atoms with van der Waals surface area (Å²) in [6.45, 7) is 0.545. The van der Waals surface area contributed by atoms with Gasteiger partial charge in [-0.25, -0.2) is 4.79 Å². The van der Waals surface area contributed by atoms with Crippen LogP contribution in [0.4, 0.5) is 8.78 Å². The van der Waals surface area contributed by atoms with Crippen LogP contribution in [-0.4, -0.2) is 37.2 Å². The van der Waals surface area contributed by atoms with Gasteiger partial charge in [-0.1, -0.05) is 31.7 Å². The first kappa shape index (κ1) is 23.6. The molecule has 0 bridgehead atoms. The Bertz CT molecular complexity index is 730. The Morgan fingerprint density at radius 1 is 1.17 bits per heavy atom. The van der Waals surface area contributed by atoms with Crippen molar-refractivity contribution >= 4 is 18.0 Å². The lowest BCUT2D eigenvalue weighted by Gasteiger charge is -2.19. The Labute approximate surface area is 175 Å². The molecule has 0 spiro atoms. The second kappa shape index (κ2) is 12.1. The van der Waals surface area contributed by atoms with Gasteiger partial charge in [-0.2, -0.15) is 8.78 Å². The van der Waals surface area contributed by atoms with E-state index in [1.807, 2.05) is 0 Å². The summed E-state index contributed by atoms with van der Waals surface area (Å²) < 4.78 is 39.8. The summed E-state index contributed by atoms with van der Waals surface area (Å²) >= 11 is 0. The van der Waals surface area contributed by atoms with Crippen LogP contribution < -0.4 is 14.8 Å². The molecule has 0 unspecified atom stereocenters. The first-order valence-corrected chi connectivity index (χ1v) is 10.3. The maximum absolute atomic E-state index is 12.5. The van der Waals surface area contributed by atoms with E-state index in [0.717, 1.165) is 25.7 Å². The van der Waals surface area contributed by atoms with E-state index >= 15 is 0 Å². The average Bonchev–Trinajstić information content (AvgIpc) is 2.96. The number of ether oxygens (including phenoxy) is 3. The van der Waals surface area contributed by atoms with Crippen LogP contribution >= 0.6 is 0 Å². The second-order valence-electron chi connectivity index (χ2n) is 7.13. The third-order valence-corrected chi connectivity index (χ3v) is 4.76. The molecular weight excluding hydrogens is 396 g/mol. The van der Waals surface area contributed by atoms with Crippen LogP contribution in [-0.2, 0) is 14.3 Å². The number of rotatable bonds is 9. The monoisotopic (exact) mass is 425 g/mol. The van der Waals surface area contributed by atoms with Crippen molar-refractivity contribution in [2.45, 2.75) is 71.1 Å². The largest absolute Gasteiger partial charge is 0.490 e. The van der Waals surface area contributed by atoms with Crippen LogP contribution in [0.25, 0.3) is 6.08 Å². The maximum atomic E-state index is 12.5. The summed E-state index contributed by atoms with van der Waals surface area (Å²) in [6.07, 6.45) is 8.15. The Morgan fingerprint density at radius 2 is 1.87 bits per heavy atom. The van der Waals surface area contributed by atoms with Crippen molar-refractivity contribution in [3.05, 3.63) is 29.8 Å². The Hall–Kier alpha value is -2.64. The fourth-order valence-electron chi connectivity index (χ4n) is 3.26. The number of halogens is 2. The fraction of sp³-hybridized carbons (Fsp3) is 0.545. The molecule has 0 aliphatic heterocycles. The van der Waals surface area contributed by atoms with Gasteiger partial charge < -0.3 is 19.5 Å². The van der Waals surface area contributed by atoms with E-state index in [9.17, 15) is 18.4 Å². The normalized spacial score (nSPS) is 16.2. The quantitative estimate of drug-likeness (QED) is 0.359. The number of hydrogen-bond donors (Lipinski definition) is 1. The standard InChI is InChI=1S/C22H29F2NO5/c1-3-28-19-14-16(10-12-18(19)30-22(23)24)11-13-20(26)29-15(2)21(27)25-17-8-6-4-5-7-9-17/h10-15,17,22H,3-9H2,1-2H3,(H,25,27)/b13-11+/t15-/m0/s1. The molecule has 1 aromatic rings. The molecule has 1 saturated carbocycles. The summed E-state index contributed by atoms with van der Waals surface area (Å²) in [7, 11) is 0. The molecule has 0 heterocycles. The van der Waals surface area contributed by atoms with Crippen molar-refractivity contribution in [2.24, 2.45) is 0 Å². The van der Waals surface area contributed by atoms with Crippen LogP contribution in [0.2, 0.25) is 0 Å². The number of alkyl halides is 2. The van der Waals surface area contributed by atoms with Gasteiger partial charge >= 0.3 is 12.6 Å². The number of carbonyl (C=O) groups excluding carboxylic acids is 2. The van der Waals surface area contributed by atoms with E-state index in [4.69, 9.17) is 9.47 Å². The summed E-state index contributed by atoms with van der Waals surface area (Å²) in [5.41, 5.74) is 0.535. The van der Waals surface area contributed by atoms with E-state index in [1.54, 1.807) is 6.92 Å². The zero-order chi connectivity index (χ0) is 21.9. The fourth-order valence-corrected chi connectivity index (χ4v) is 3.26. The van der Waals surface area contributed by atoms with Gasteiger partial charge in [0.2, 0.25) is 0 Å². The second-order valence-corrected chi connectivity index (χ2v) is 7.13. The number of hydrogen-bond acceptors (Lipinski definition) is 5. The highest BCUT2D eigenvalue weighted by atomic mass is 19.3. The molecule has 1 aliphatic carbocycles. The minimum absolute atomic E-state index is 0.0876. The van der Waals surface area contributed by atoms with Crippen LogP contribution in [0.3, 0.4) is 0 Å². The van der Waals surface area contributed by atoms with Crippen molar-refractivity contribution in [1.29, 1.82) is 0 Å². The van der Waals surface area contributed by atoms with Crippen molar-refractivity contribution < 1.29 is 32.6 Å². The van der Waals surface area contributed by atoms with Gasteiger partial charge in [0.15, 0.2) is 17.6 Å². The van der Waals surface area contributed by atoms with E-state index in [-0.39, 0.29) is 30.1 Å². The number of carbonyl (C=O) groups is 2. The Kier molecular flexibility index (Phi) is 9.57. The predicted octanol–water partition coefficient (Wildman–Crippen LogP) is 4.47. The Balaban J connectivity index is 1.91. The molecule has 8 heteroatoms. The van der Waals surface area contributed by atoms with Gasteiger partial charge in [-0.3, -0.25) is 4.79 Å². The molecule has 166 valence electrons. The highest BCUT2D eigenvalue weighted by molar-refractivity contribution is 5.90. The molecule has 0 aromatic heterocycles. The van der Waals surface area contributed by atoms with Crippen molar-refractivity contribution in [3.63, 3.8) is 0 Å². The minimum Gasteiger partial charge on any atom is -0.490 e. The van der Waals surface area contributed by atoms with Crippen LogP contribution in [0.1, 0.15) is 57.9 Å². The summed E-state index contributed by atoms with van der Waals surface area (Å²) in [4.78, 5) is 24.3. The topological polar surface area (TPSA) is 73.9 Å². The molecule has 2 rings (SSSR count). The first-order chi connectivity index (χ1) is 14.4. The molecular formula is C22H29F2NO5. The number of amides is 1. The van der Waals surface area contributed by atoms with Gasteiger partial charge in [0.05, 0.1) is 6.61 Å². The molecule has 1 N–H and O–H groups in total. The molecule has 1 aliphatic rings. The third kappa shape index (κ3) is 8.00. The lowest BCUT2D eigenvalue weighted by atomic mass is 10.1. The zero-order valence-electron chi connectivity index (χ0n) is 17.4. The Morgan fingerprint density at radius 3 is 2.50 bits per heavy atom. The summed E-state index contributed by atoms with van der Waals surface area (Å²) in [6, 6.07) is 4.45. The van der Waals surface area contributed by atoms with Crippen LogP contribution in [0.15, 0.2) is 24.3 Å². The van der Waals surface area contributed by atoms with E-state index < -0.39 is 18.7 Å². The molecule has 30 heavy (non-hydrogen) atoms. The van der Waals surface area contributed by atoms with Crippen molar-refractivity contribution in [1.82, 2.24) is 5.32 Å². The predicted molar refractivity (Wildman–Crippen MR) is 108 cm³/mol. The average molecular weight is 425 g/mol. The number of esters is 1. The molecule has 0 saturated heterocycles. The molecule has 6 nitrogen and oxygen atoms in total. The maximum Gasteiger partial charge on any atom is 0.387 e. The molecule has 0 radical (unpaired) electrons. The van der Waals surface area contributed by atoms with E-state index in [2.05, 4.69) is 10.1 Å². The van der Waals surface area contributed by atoms with Crippen LogP contribution in [0.5, 0.6) is 11.5 Å². The van der Waals surface area contributed by atoms with Gasteiger partial charge in [-0.15, -0.1) is 0 Å². The zero-order valence-corrected chi connectivity index (χ0v) is 17.4. The summed E-state index contributed by atoms with van der Waals surface area (Å²) in [5.74, 6) is -0.931. The highest BCUT2D eigenvalue weighted by Gasteiger charge is 2.21. The van der Waals surface area contributed by atoms with Crippen molar-refractivity contribution in [3.8, 4) is 11.5 Å². The molecule has 1 amide bonds. The number of nitrogens with one attached hydrogen (secondary N) is 1. The smallest absolute Gasteiger partial charge is 0.387 e. The van der Waals surface area contributed by atoms with Gasteiger partial charge in [0.1, 0.15) is 0 Å². The van der Waals surface area contributed by atoms with Crippen molar-refractivity contribution in [2.75, 3.05) is 6.61 Å². The van der Waals surface area contributed by atoms with E-state index in [1.165, 1.54) is 50.1 Å². The molecule has 1 atom stereocenters. The van der Waals surface area contributed by atoms with Gasteiger partial charge in [-0.05, 0) is 50.5 Å². The third-order valence-electron chi connectivity index (χ3n) is 4.76. The first-order valence-electron chi connectivity index (χ1n) is 10.3. The van der Waals surface area contributed by atoms with E-state index in [0.29, 0.717) is 5.56 Å². The molecule has 1 aromatic carbocycles. The van der Waals surface area contributed by atoms with Gasteiger partial charge in [0, 0.05) is 12.1 Å². The lowest BCUT2D eigenvalue weighted by Crippen LogP contribution is -2.41. The SMILES string of the molecule is CCOc1cc(/C=C/C(=O)O[C@@H](C)C(=O)NC2CCCCCC2)ccc1OC(F)F. The minimum atomic E-state index is -2.97. The number of benzene rings is 1.